The molecule has 0 radical (unpaired) electrons. The summed E-state index contributed by atoms with van der Waals surface area (Å²) in [6.45, 7) is 8.64. The summed E-state index contributed by atoms with van der Waals surface area (Å²) in [5, 5.41) is 0. The van der Waals surface area contributed by atoms with Gasteiger partial charge in [0.2, 0.25) is 0 Å². The third kappa shape index (κ3) is 2.07. The van der Waals surface area contributed by atoms with Crippen LogP contribution in [0.3, 0.4) is 0 Å². The van der Waals surface area contributed by atoms with Crippen LogP contribution in [0.5, 0.6) is 0 Å². The molecule has 24 heavy (non-hydrogen) atoms. The summed E-state index contributed by atoms with van der Waals surface area (Å²) < 4.78 is 0. The Hall–Kier alpha value is -1.18. The summed E-state index contributed by atoms with van der Waals surface area (Å²) in [6, 6.07) is 0. The summed E-state index contributed by atoms with van der Waals surface area (Å²) in [6.07, 6.45) is 11.9. The predicted molar refractivity (Wildman–Crippen MR) is 95.4 cm³/mol. The molecule has 2 heteroatoms. The number of Topliss-reactive ketones (excluding diaryl/α,β-unsaturated/α-hetero) is 1. The van der Waals surface area contributed by atoms with Gasteiger partial charge in [0.15, 0.2) is 5.78 Å². The lowest BCUT2D eigenvalue weighted by Crippen LogP contribution is -2.53. The van der Waals surface area contributed by atoms with Crippen LogP contribution in [0.4, 0.5) is 0 Å². The molecule has 0 aromatic heterocycles. The van der Waals surface area contributed by atoms with Crippen molar-refractivity contribution >= 4 is 11.6 Å². The molecule has 0 spiro atoms. The molecule has 6 atom stereocenters. The van der Waals surface area contributed by atoms with Gasteiger partial charge in [-0.2, -0.15) is 0 Å². The summed E-state index contributed by atoms with van der Waals surface area (Å²) in [5.74, 6) is 3.20. The van der Waals surface area contributed by atoms with Crippen LogP contribution in [0.15, 0.2) is 24.3 Å². The average Bonchev–Trinajstić information content (AvgIpc) is 2.85. The molecule has 0 saturated heterocycles. The van der Waals surface area contributed by atoms with Crippen LogP contribution in [0.2, 0.25) is 0 Å². The largest absolute Gasteiger partial charge is 0.299 e. The number of carbonyl (C=O) groups excluding carboxylic acids is 2. The van der Waals surface area contributed by atoms with E-state index in [4.69, 9.17) is 0 Å². The zero-order valence-electron chi connectivity index (χ0n) is 15.1. The van der Waals surface area contributed by atoms with Gasteiger partial charge in [-0.25, -0.2) is 0 Å². The third-order valence-corrected chi connectivity index (χ3v) is 8.32. The molecular formula is C22H30O2. The number of allylic oxidation sites excluding steroid dienone is 2. The summed E-state index contributed by atoms with van der Waals surface area (Å²) in [4.78, 5) is 24.6. The highest BCUT2D eigenvalue weighted by atomic mass is 16.1. The lowest BCUT2D eigenvalue weighted by atomic mass is 9.45. The van der Waals surface area contributed by atoms with Crippen molar-refractivity contribution in [3.63, 3.8) is 0 Å². The van der Waals surface area contributed by atoms with Crippen LogP contribution in [-0.4, -0.2) is 11.6 Å². The molecule has 0 aromatic rings. The molecule has 0 N–H and O–H groups in total. The molecule has 0 aromatic carbocycles. The standard InChI is InChI=1S/C22H30O2/c1-4-5-14-12-15-13-16(23)8-10-21(15,2)18-9-11-22(3)17(20(14)18)6-7-19(22)24/h4,13-14,17-18,20H,1,5-12H2,2-3H3/t14-,17?,18?,20?,21+,22+/m1/s1. The van der Waals surface area contributed by atoms with Crippen molar-refractivity contribution in [2.45, 2.75) is 65.2 Å². The zero-order valence-corrected chi connectivity index (χ0v) is 15.1. The first-order valence-corrected chi connectivity index (χ1v) is 9.78. The van der Waals surface area contributed by atoms with Crippen LogP contribution in [0, 0.1) is 34.5 Å². The van der Waals surface area contributed by atoms with Gasteiger partial charge >= 0.3 is 0 Å². The lowest BCUT2D eigenvalue weighted by Gasteiger charge is -2.59. The van der Waals surface area contributed by atoms with E-state index in [0.29, 0.717) is 41.7 Å². The molecule has 3 saturated carbocycles. The normalized spacial score (nSPS) is 47.5. The second kappa shape index (κ2) is 5.41. The Kier molecular flexibility index (Phi) is 3.67. The number of hydrogen-bond acceptors (Lipinski definition) is 2. The van der Waals surface area contributed by atoms with Gasteiger partial charge in [-0.15, -0.1) is 6.58 Å². The fraction of sp³-hybridized carbons (Fsp3) is 0.727. The van der Waals surface area contributed by atoms with E-state index in [0.717, 1.165) is 44.9 Å². The highest BCUT2D eigenvalue weighted by molar-refractivity contribution is 5.91. The van der Waals surface area contributed by atoms with Gasteiger partial charge in [0.25, 0.3) is 0 Å². The van der Waals surface area contributed by atoms with E-state index in [1.54, 1.807) is 0 Å². The van der Waals surface area contributed by atoms with Gasteiger partial charge in [-0.05, 0) is 73.7 Å². The predicted octanol–water partition coefficient (Wildman–Crippen LogP) is 4.89. The average molecular weight is 326 g/mol. The van der Waals surface area contributed by atoms with E-state index >= 15 is 0 Å². The Morgan fingerprint density at radius 2 is 1.88 bits per heavy atom. The highest BCUT2D eigenvalue weighted by Gasteiger charge is 2.60. The SMILES string of the molecule is C=CC[C@@H]1CC2=CC(=O)CC[C@]2(C)C2CC[C@]3(C)C(=O)CCC3C21. The van der Waals surface area contributed by atoms with Crippen molar-refractivity contribution in [1.82, 2.24) is 0 Å². The van der Waals surface area contributed by atoms with Crippen LogP contribution in [0.25, 0.3) is 0 Å². The fourth-order valence-electron chi connectivity index (χ4n) is 6.93. The number of hydrogen-bond donors (Lipinski definition) is 0. The first kappa shape index (κ1) is 16.3. The Balaban J connectivity index is 1.77. The van der Waals surface area contributed by atoms with Crippen molar-refractivity contribution in [3.05, 3.63) is 24.3 Å². The third-order valence-electron chi connectivity index (χ3n) is 8.32. The number of fused-ring (bicyclic) bond motifs is 5. The zero-order chi connectivity index (χ0) is 17.1. The van der Waals surface area contributed by atoms with Gasteiger partial charge in [0, 0.05) is 18.3 Å². The molecule has 0 heterocycles. The smallest absolute Gasteiger partial charge is 0.155 e. The van der Waals surface area contributed by atoms with E-state index in [1.807, 2.05) is 6.08 Å². The quantitative estimate of drug-likeness (QED) is 0.677. The first-order chi connectivity index (χ1) is 11.4. The molecule has 4 rings (SSSR count). The van der Waals surface area contributed by atoms with E-state index < -0.39 is 0 Å². The van der Waals surface area contributed by atoms with Gasteiger partial charge in [-0.3, -0.25) is 9.59 Å². The Morgan fingerprint density at radius 1 is 1.12 bits per heavy atom. The monoisotopic (exact) mass is 326 g/mol. The second-order valence-corrected chi connectivity index (χ2v) is 9.25. The maximum absolute atomic E-state index is 12.6. The van der Waals surface area contributed by atoms with E-state index in [2.05, 4.69) is 26.5 Å². The first-order valence-electron chi connectivity index (χ1n) is 9.78. The Morgan fingerprint density at radius 3 is 2.62 bits per heavy atom. The number of ketones is 2. The van der Waals surface area contributed by atoms with E-state index in [9.17, 15) is 9.59 Å². The van der Waals surface area contributed by atoms with Gasteiger partial charge in [-0.1, -0.05) is 25.5 Å². The molecule has 4 aliphatic rings. The maximum atomic E-state index is 12.6. The summed E-state index contributed by atoms with van der Waals surface area (Å²) in [7, 11) is 0. The van der Waals surface area contributed by atoms with Crippen LogP contribution < -0.4 is 0 Å². The van der Waals surface area contributed by atoms with Gasteiger partial charge < -0.3 is 0 Å². The van der Waals surface area contributed by atoms with Crippen LogP contribution in [-0.2, 0) is 9.59 Å². The van der Waals surface area contributed by atoms with Gasteiger partial charge in [0.05, 0.1) is 0 Å². The molecule has 130 valence electrons. The van der Waals surface area contributed by atoms with Crippen LogP contribution >= 0.6 is 0 Å². The molecule has 4 aliphatic carbocycles. The molecule has 3 unspecified atom stereocenters. The Bertz CT molecular complexity index is 630. The van der Waals surface area contributed by atoms with Crippen molar-refractivity contribution in [1.29, 1.82) is 0 Å². The lowest BCUT2D eigenvalue weighted by molar-refractivity contribution is -0.135. The minimum absolute atomic E-state index is 0.0807. The van der Waals surface area contributed by atoms with Crippen molar-refractivity contribution in [3.8, 4) is 0 Å². The second-order valence-electron chi connectivity index (χ2n) is 9.25. The van der Waals surface area contributed by atoms with E-state index in [1.165, 1.54) is 5.57 Å². The minimum atomic E-state index is -0.0807. The van der Waals surface area contributed by atoms with E-state index in [-0.39, 0.29) is 10.8 Å². The molecule has 3 fully saturated rings. The molecule has 2 nitrogen and oxygen atoms in total. The number of carbonyl (C=O) groups is 2. The minimum Gasteiger partial charge on any atom is -0.299 e. The number of rotatable bonds is 2. The van der Waals surface area contributed by atoms with Crippen LogP contribution in [0.1, 0.15) is 65.2 Å². The van der Waals surface area contributed by atoms with Crippen molar-refractivity contribution in [2.24, 2.45) is 34.5 Å². The maximum Gasteiger partial charge on any atom is 0.155 e. The molecular weight excluding hydrogens is 296 g/mol. The fourth-order valence-corrected chi connectivity index (χ4v) is 6.93. The molecule has 0 amide bonds. The Labute approximate surface area is 145 Å². The molecule has 0 aliphatic heterocycles. The topological polar surface area (TPSA) is 34.1 Å². The summed E-state index contributed by atoms with van der Waals surface area (Å²) >= 11 is 0. The van der Waals surface area contributed by atoms with Gasteiger partial charge in [0.1, 0.15) is 5.78 Å². The highest BCUT2D eigenvalue weighted by Crippen LogP contribution is 2.66. The van der Waals surface area contributed by atoms with Crippen molar-refractivity contribution < 1.29 is 9.59 Å². The molecule has 0 bridgehead atoms. The summed E-state index contributed by atoms with van der Waals surface area (Å²) in [5.41, 5.74) is 1.51. The van der Waals surface area contributed by atoms with Crippen molar-refractivity contribution in [2.75, 3.05) is 0 Å².